The summed E-state index contributed by atoms with van der Waals surface area (Å²) in [4.78, 5) is 0. The van der Waals surface area contributed by atoms with E-state index in [1.165, 1.54) is 12.8 Å². The van der Waals surface area contributed by atoms with Crippen LogP contribution in [0, 0.1) is 5.92 Å². The summed E-state index contributed by atoms with van der Waals surface area (Å²) in [6.45, 7) is 0.814. The normalized spacial score (nSPS) is 15.6. The Kier molecular flexibility index (Phi) is 3.08. The second kappa shape index (κ2) is 4.32. The van der Waals surface area contributed by atoms with Gasteiger partial charge in [0.25, 0.3) is 0 Å². The van der Waals surface area contributed by atoms with Crippen LogP contribution in [0.3, 0.4) is 0 Å². The van der Waals surface area contributed by atoms with Gasteiger partial charge in [-0.2, -0.15) is 0 Å². The fraction of sp³-hybridized carbons (Fsp3) is 0.455. The van der Waals surface area contributed by atoms with Crippen molar-refractivity contribution in [2.75, 3.05) is 6.61 Å². The molecule has 0 atom stereocenters. The SMILES string of the molecule is OCc1cc(Br)ccc1OCC1CC1. The van der Waals surface area contributed by atoms with E-state index in [1.54, 1.807) is 0 Å². The molecule has 1 aromatic carbocycles. The molecule has 0 amide bonds. The van der Waals surface area contributed by atoms with Crippen LogP contribution in [0.5, 0.6) is 5.75 Å². The van der Waals surface area contributed by atoms with E-state index in [4.69, 9.17) is 9.84 Å². The zero-order chi connectivity index (χ0) is 9.97. The van der Waals surface area contributed by atoms with Crippen LogP contribution in [0.15, 0.2) is 22.7 Å². The molecule has 2 nitrogen and oxygen atoms in total. The molecule has 1 fully saturated rings. The fourth-order valence-corrected chi connectivity index (χ4v) is 1.71. The van der Waals surface area contributed by atoms with Crippen LogP contribution in [0.1, 0.15) is 18.4 Å². The highest BCUT2D eigenvalue weighted by Crippen LogP contribution is 2.31. The minimum atomic E-state index is 0.0272. The van der Waals surface area contributed by atoms with Crippen LogP contribution in [0.4, 0.5) is 0 Å². The van der Waals surface area contributed by atoms with Crippen LogP contribution in [0.2, 0.25) is 0 Å². The third-order valence-corrected chi connectivity index (χ3v) is 2.86. The Bertz CT molecular complexity index is 321. The fourth-order valence-electron chi connectivity index (χ4n) is 1.30. The molecule has 0 spiro atoms. The van der Waals surface area contributed by atoms with E-state index in [9.17, 15) is 0 Å². The number of hydrogen-bond donors (Lipinski definition) is 1. The lowest BCUT2D eigenvalue weighted by Crippen LogP contribution is -2.01. The van der Waals surface area contributed by atoms with Crippen molar-refractivity contribution >= 4 is 15.9 Å². The lowest BCUT2D eigenvalue weighted by atomic mass is 10.2. The molecule has 2 rings (SSSR count). The summed E-state index contributed by atoms with van der Waals surface area (Å²) < 4.78 is 6.60. The van der Waals surface area contributed by atoms with Gasteiger partial charge in [-0.3, -0.25) is 0 Å². The van der Waals surface area contributed by atoms with E-state index >= 15 is 0 Å². The molecule has 14 heavy (non-hydrogen) atoms. The Balaban J connectivity index is 2.05. The molecule has 76 valence electrons. The van der Waals surface area contributed by atoms with E-state index in [2.05, 4.69) is 15.9 Å². The van der Waals surface area contributed by atoms with Gasteiger partial charge in [-0.25, -0.2) is 0 Å². The third-order valence-electron chi connectivity index (χ3n) is 2.36. The standard InChI is InChI=1S/C11H13BrO2/c12-10-3-4-11(9(5-10)6-13)14-7-8-1-2-8/h3-5,8,13H,1-2,6-7H2. The summed E-state index contributed by atoms with van der Waals surface area (Å²) in [7, 11) is 0. The van der Waals surface area contributed by atoms with Crippen LogP contribution in [0.25, 0.3) is 0 Å². The highest BCUT2D eigenvalue weighted by Gasteiger charge is 2.22. The molecule has 0 aromatic heterocycles. The molecule has 1 aromatic rings. The first-order valence-corrected chi connectivity index (χ1v) is 5.61. The summed E-state index contributed by atoms with van der Waals surface area (Å²) in [6, 6.07) is 5.72. The highest BCUT2D eigenvalue weighted by molar-refractivity contribution is 9.10. The van der Waals surface area contributed by atoms with Gasteiger partial charge in [0, 0.05) is 10.0 Å². The molecule has 1 aliphatic rings. The number of hydrogen-bond acceptors (Lipinski definition) is 2. The Labute approximate surface area is 92.0 Å². The maximum Gasteiger partial charge on any atom is 0.124 e. The van der Waals surface area contributed by atoms with Gasteiger partial charge in [-0.05, 0) is 37.0 Å². The molecule has 0 bridgehead atoms. The van der Waals surface area contributed by atoms with Crippen molar-refractivity contribution < 1.29 is 9.84 Å². The van der Waals surface area contributed by atoms with Gasteiger partial charge < -0.3 is 9.84 Å². The quantitative estimate of drug-likeness (QED) is 0.898. The van der Waals surface area contributed by atoms with Crippen LogP contribution >= 0.6 is 15.9 Å². The number of rotatable bonds is 4. The average molecular weight is 257 g/mol. The zero-order valence-electron chi connectivity index (χ0n) is 7.87. The lowest BCUT2D eigenvalue weighted by molar-refractivity contribution is 0.258. The van der Waals surface area contributed by atoms with Gasteiger partial charge in [0.1, 0.15) is 5.75 Å². The smallest absolute Gasteiger partial charge is 0.124 e. The van der Waals surface area contributed by atoms with Gasteiger partial charge in [0.05, 0.1) is 13.2 Å². The Morgan fingerprint density at radius 1 is 1.43 bits per heavy atom. The summed E-state index contributed by atoms with van der Waals surface area (Å²) in [5.41, 5.74) is 0.847. The minimum Gasteiger partial charge on any atom is -0.493 e. The van der Waals surface area contributed by atoms with Gasteiger partial charge in [0.15, 0.2) is 0 Å². The molecule has 1 aliphatic carbocycles. The zero-order valence-corrected chi connectivity index (χ0v) is 9.46. The van der Waals surface area contributed by atoms with Crippen molar-refractivity contribution in [1.29, 1.82) is 0 Å². The molecule has 0 radical (unpaired) electrons. The number of benzene rings is 1. The van der Waals surface area contributed by atoms with Crippen molar-refractivity contribution in [3.05, 3.63) is 28.2 Å². The van der Waals surface area contributed by atoms with Gasteiger partial charge in [-0.1, -0.05) is 15.9 Å². The summed E-state index contributed by atoms with van der Waals surface area (Å²) in [5.74, 6) is 1.55. The predicted molar refractivity (Wildman–Crippen MR) is 58.3 cm³/mol. The predicted octanol–water partition coefficient (Wildman–Crippen LogP) is 2.73. The van der Waals surface area contributed by atoms with E-state index in [-0.39, 0.29) is 6.61 Å². The maximum absolute atomic E-state index is 9.12. The van der Waals surface area contributed by atoms with Crippen molar-refractivity contribution in [3.63, 3.8) is 0 Å². The lowest BCUT2D eigenvalue weighted by Gasteiger charge is -2.09. The molecule has 0 saturated heterocycles. The van der Waals surface area contributed by atoms with Crippen LogP contribution < -0.4 is 4.74 Å². The first kappa shape index (κ1) is 9.99. The molecule has 0 unspecified atom stereocenters. The van der Waals surface area contributed by atoms with E-state index in [0.717, 1.165) is 28.3 Å². The Hall–Kier alpha value is -0.540. The summed E-state index contributed by atoms with van der Waals surface area (Å²) in [6.07, 6.45) is 2.57. The Morgan fingerprint density at radius 3 is 2.86 bits per heavy atom. The minimum absolute atomic E-state index is 0.0272. The first-order chi connectivity index (χ1) is 6.79. The topological polar surface area (TPSA) is 29.5 Å². The highest BCUT2D eigenvalue weighted by atomic mass is 79.9. The summed E-state index contributed by atoms with van der Waals surface area (Å²) >= 11 is 3.36. The number of ether oxygens (including phenoxy) is 1. The van der Waals surface area contributed by atoms with Crippen molar-refractivity contribution in [2.45, 2.75) is 19.4 Å². The van der Waals surface area contributed by atoms with Crippen molar-refractivity contribution in [3.8, 4) is 5.75 Å². The monoisotopic (exact) mass is 256 g/mol. The average Bonchev–Trinajstić information content (AvgIpc) is 2.99. The number of aliphatic hydroxyl groups excluding tert-OH is 1. The molecule has 3 heteroatoms. The molecule has 1 saturated carbocycles. The third kappa shape index (κ3) is 2.49. The molecular weight excluding hydrogens is 244 g/mol. The van der Waals surface area contributed by atoms with E-state index in [1.807, 2.05) is 18.2 Å². The Morgan fingerprint density at radius 2 is 2.21 bits per heavy atom. The first-order valence-electron chi connectivity index (χ1n) is 4.81. The van der Waals surface area contributed by atoms with Gasteiger partial charge in [-0.15, -0.1) is 0 Å². The second-order valence-electron chi connectivity index (χ2n) is 3.66. The summed E-state index contributed by atoms with van der Waals surface area (Å²) in [5, 5.41) is 9.12. The van der Waals surface area contributed by atoms with Crippen LogP contribution in [-0.2, 0) is 6.61 Å². The van der Waals surface area contributed by atoms with Crippen LogP contribution in [-0.4, -0.2) is 11.7 Å². The molecule has 1 N–H and O–H groups in total. The molecule has 0 heterocycles. The number of aliphatic hydroxyl groups is 1. The van der Waals surface area contributed by atoms with Crippen molar-refractivity contribution in [1.82, 2.24) is 0 Å². The van der Waals surface area contributed by atoms with Gasteiger partial charge in [0.2, 0.25) is 0 Å². The maximum atomic E-state index is 9.12. The van der Waals surface area contributed by atoms with Gasteiger partial charge >= 0.3 is 0 Å². The molecular formula is C11H13BrO2. The van der Waals surface area contributed by atoms with Crippen molar-refractivity contribution in [2.24, 2.45) is 5.92 Å². The van der Waals surface area contributed by atoms with E-state index in [0.29, 0.717) is 0 Å². The van der Waals surface area contributed by atoms with E-state index < -0.39 is 0 Å². The molecule has 0 aliphatic heterocycles. The largest absolute Gasteiger partial charge is 0.493 e. The number of halogens is 1. The second-order valence-corrected chi connectivity index (χ2v) is 4.58.